The van der Waals surface area contributed by atoms with Gasteiger partial charge in [-0.2, -0.15) is 0 Å². The van der Waals surface area contributed by atoms with Gasteiger partial charge in [0.05, 0.1) is 12.3 Å². The summed E-state index contributed by atoms with van der Waals surface area (Å²) < 4.78 is 2.39. The van der Waals surface area contributed by atoms with Crippen LogP contribution in [0.4, 0.5) is 0 Å². The van der Waals surface area contributed by atoms with Crippen molar-refractivity contribution in [3.8, 4) is 0 Å². The molecule has 15 heavy (non-hydrogen) atoms. The van der Waals surface area contributed by atoms with Crippen LogP contribution in [-0.4, -0.2) is 21.3 Å². The molecule has 1 aromatic heterocycles. The number of fused-ring (bicyclic) bond motifs is 3. The SMILES string of the molecule is OCC1CCCn2c1nc1c2CCCC1. The Hall–Kier alpha value is -0.830. The third-order valence-corrected chi connectivity index (χ3v) is 3.78. The summed E-state index contributed by atoms with van der Waals surface area (Å²) in [4.78, 5) is 4.75. The van der Waals surface area contributed by atoms with Crippen LogP contribution in [0.2, 0.25) is 0 Å². The first-order valence-electron chi connectivity index (χ1n) is 6.09. The molecule has 1 aromatic rings. The molecule has 3 nitrogen and oxygen atoms in total. The van der Waals surface area contributed by atoms with Crippen LogP contribution in [-0.2, 0) is 19.4 Å². The summed E-state index contributed by atoms with van der Waals surface area (Å²) in [7, 11) is 0. The largest absolute Gasteiger partial charge is 0.396 e. The first-order chi connectivity index (χ1) is 7.40. The zero-order valence-electron chi connectivity index (χ0n) is 9.08. The van der Waals surface area contributed by atoms with Crippen LogP contribution in [0, 0.1) is 0 Å². The van der Waals surface area contributed by atoms with Crippen molar-refractivity contribution in [1.29, 1.82) is 0 Å². The number of aryl methyl sites for hydroxylation is 1. The van der Waals surface area contributed by atoms with Crippen molar-refractivity contribution in [3.05, 3.63) is 17.2 Å². The van der Waals surface area contributed by atoms with Crippen molar-refractivity contribution < 1.29 is 5.11 Å². The second-order valence-electron chi connectivity index (χ2n) is 4.74. The number of rotatable bonds is 1. The Morgan fingerprint density at radius 3 is 3.00 bits per heavy atom. The van der Waals surface area contributed by atoms with Gasteiger partial charge in [0, 0.05) is 18.2 Å². The van der Waals surface area contributed by atoms with Crippen LogP contribution in [0.5, 0.6) is 0 Å². The molecule has 2 aliphatic rings. The van der Waals surface area contributed by atoms with E-state index in [1.807, 2.05) is 0 Å². The van der Waals surface area contributed by atoms with Gasteiger partial charge < -0.3 is 9.67 Å². The summed E-state index contributed by atoms with van der Waals surface area (Å²) in [5.74, 6) is 1.46. The van der Waals surface area contributed by atoms with Crippen LogP contribution < -0.4 is 0 Å². The van der Waals surface area contributed by atoms with E-state index < -0.39 is 0 Å². The van der Waals surface area contributed by atoms with Gasteiger partial charge in [0.1, 0.15) is 5.82 Å². The van der Waals surface area contributed by atoms with Crippen molar-refractivity contribution in [1.82, 2.24) is 9.55 Å². The van der Waals surface area contributed by atoms with Gasteiger partial charge in [0.25, 0.3) is 0 Å². The average molecular weight is 206 g/mol. The Kier molecular flexibility index (Phi) is 2.28. The van der Waals surface area contributed by atoms with Gasteiger partial charge in [-0.05, 0) is 38.5 Å². The molecule has 2 heterocycles. The minimum Gasteiger partial charge on any atom is -0.396 e. The summed E-state index contributed by atoms with van der Waals surface area (Å²) in [6.07, 6.45) is 7.23. The molecule has 0 spiro atoms. The van der Waals surface area contributed by atoms with Gasteiger partial charge in [-0.25, -0.2) is 4.98 Å². The zero-order chi connectivity index (χ0) is 10.3. The van der Waals surface area contributed by atoms with E-state index in [0.29, 0.717) is 5.92 Å². The molecule has 1 unspecified atom stereocenters. The molecule has 0 bridgehead atoms. The van der Waals surface area contributed by atoms with E-state index in [4.69, 9.17) is 4.98 Å². The quantitative estimate of drug-likeness (QED) is 0.758. The highest BCUT2D eigenvalue weighted by molar-refractivity contribution is 5.23. The molecule has 1 atom stereocenters. The smallest absolute Gasteiger partial charge is 0.114 e. The van der Waals surface area contributed by atoms with Gasteiger partial charge in [-0.3, -0.25) is 0 Å². The fraction of sp³-hybridized carbons (Fsp3) is 0.750. The highest BCUT2D eigenvalue weighted by Gasteiger charge is 2.27. The molecule has 0 fully saturated rings. The van der Waals surface area contributed by atoms with Crippen molar-refractivity contribution in [2.45, 2.75) is 51.0 Å². The van der Waals surface area contributed by atoms with Gasteiger partial charge >= 0.3 is 0 Å². The van der Waals surface area contributed by atoms with Crippen molar-refractivity contribution in [2.24, 2.45) is 0 Å². The molecule has 1 aliphatic heterocycles. The monoisotopic (exact) mass is 206 g/mol. The minimum atomic E-state index is 0.260. The fourth-order valence-electron chi connectivity index (χ4n) is 2.98. The van der Waals surface area contributed by atoms with Crippen LogP contribution in [0.3, 0.4) is 0 Å². The third-order valence-electron chi connectivity index (χ3n) is 3.78. The predicted octanol–water partition coefficient (Wildman–Crippen LogP) is 1.63. The van der Waals surface area contributed by atoms with Gasteiger partial charge in [0.15, 0.2) is 0 Å². The van der Waals surface area contributed by atoms with Crippen molar-refractivity contribution in [2.75, 3.05) is 6.61 Å². The Morgan fingerprint density at radius 1 is 1.27 bits per heavy atom. The molecule has 3 heteroatoms. The standard InChI is InChI=1S/C12H18N2O/c15-8-9-4-3-7-14-11-6-2-1-5-10(11)13-12(9)14/h9,15H,1-8H2. The fourth-order valence-corrected chi connectivity index (χ4v) is 2.98. The maximum Gasteiger partial charge on any atom is 0.114 e. The van der Waals surface area contributed by atoms with E-state index in [1.165, 1.54) is 37.1 Å². The van der Waals surface area contributed by atoms with Crippen LogP contribution in [0.15, 0.2) is 0 Å². The van der Waals surface area contributed by atoms with Crippen molar-refractivity contribution >= 4 is 0 Å². The van der Waals surface area contributed by atoms with Gasteiger partial charge in [0.2, 0.25) is 0 Å². The first kappa shape index (κ1) is 9.40. The topological polar surface area (TPSA) is 38.0 Å². The number of imidazole rings is 1. The molecule has 0 aromatic carbocycles. The molecule has 1 aliphatic carbocycles. The Bertz CT molecular complexity index is 370. The lowest BCUT2D eigenvalue weighted by Gasteiger charge is -2.23. The van der Waals surface area contributed by atoms with Crippen LogP contribution >= 0.6 is 0 Å². The van der Waals surface area contributed by atoms with E-state index in [9.17, 15) is 5.11 Å². The van der Waals surface area contributed by atoms with E-state index in [2.05, 4.69) is 4.57 Å². The third kappa shape index (κ3) is 1.41. The maximum absolute atomic E-state index is 9.35. The Morgan fingerprint density at radius 2 is 2.13 bits per heavy atom. The number of aromatic nitrogens is 2. The molecule has 3 rings (SSSR count). The second-order valence-corrected chi connectivity index (χ2v) is 4.74. The summed E-state index contributed by atoms with van der Waals surface area (Å²) in [5, 5.41) is 9.35. The highest BCUT2D eigenvalue weighted by Crippen LogP contribution is 2.31. The average Bonchev–Trinajstić information content (AvgIpc) is 2.67. The molecule has 0 amide bonds. The number of aliphatic hydroxyl groups excluding tert-OH is 1. The molecule has 0 saturated carbocycles. The lowest BCUT2D eigenvalue weighted by Crippen LogP contribution is -2.20. The summed E-state index contributed by atoms with van der Waals surface area (Å²) >= 11 is 0. The lowest BCUT2D eigenvalue weighted by atomic mass is 9.99. The maximum atomic E-state index is 9.35. The van der Waals surface area contributed by atoms with Crippen molar-refractivity contribution in [3.63, 3.8) is 0 Å². The minimum absolute atomic E-state index is 0.260. The first-order valence-corrected chi connectivity index (χ1v) is 6.09. The number of aliphatic hydroxyl groups is 1. The summed E-state index contributed by atoms with van der Waals surface area (Å²) in [6, 6.07) is 0. The van der Waals surface area contributed by atoms with E-state index >= 15 is 0 Å². The number of hydrogen-bond acceptors (Lipinski definition) is 2. The highest BCUT2D eigenvalue weighted by atomic mass is 16.3. The normalized spacial score (nSPS) is 24.7. The summed E-state index contributed by atoms with van der Waals surface area (Å²) in [5.41, 5.74) is 2.78. The number of hydrogen-bond donors (Lipinski definition) is 1. The molecule has 82 valence electrons. The van der Waals surface area contributed by atoms with E-state index in [0.717, 1.165) is 25.2 Å². The summed E-state index contributed by atoms with van der Waals surface area (Å²) in [6.45, 7) is 1.38. The molecular formula is C12H18N2O. The Labute approximate surface area is 90.1 Å². The van der Waals surface area contributed by atoms with Crippen LogP contribution in [0.25, 0.3) is 0 Å². The van der Waals surface area contributed by atoms with Crippen LogP contribution in [0.1, 0.15) is 48.8 Å². The molecular weight excluding hydrogens is 188 g/mol. The van der Waals surface area contributed by atoms with Gasteiger partial charge in [-0.1, -0.05) is 0 Å². The van der Waals surface area contributed by atoms with E-state index in [1.54, 1.807) is 0 Å². The Balaban J connectivity index is 2.06. The predicted molar refractivity (Wildman–Crippen MR) is 57.9 cm³/mol. The number of nitrogens with zero attached hydrogens (tertiary/aromatic N) is 2. The zero-order valence-corrected chi connectivity index (χ0v) is 9.08. The lowest BCUT2D eigenvalue weighted by molar-refractivity contribution is 0.237. The molecule has 1 N–H and O–H groups in total. The molecule has 0 radical (unpaired) electrons. The second kappa shape index (κ2) is 3.63. The molecule has 0 saturated heterocycles. The van der Waals surface area contributed by atoms with E-state index in [-0.39, 0.29) is 6.61 Å². The van der Waals surface area contributed by atoms with Gasteiger partial charge in [-0.15, -0.1) is 0 Å².